The molecule has 2 rings (SSSR count). The van der Waals surface area contributed by atoms with Gasteiger partial charge in [0.2, 0.25) is 5.71 Å². The molecule has 2 aromatic rings. The number of nitrogens with zero attached hydrogens (tertiary/aromatic N) is 3. The van der Waals surface area contributed by atoms with Crippen molar-refractivity contribution in [3.63, 3.8) is 0 Å². The molecule has 1 amide bonds. The summed E-state index contributed by atoms with van der Waals surface area (Å²) in [5, 5.41) is 15.8. The Bertz CT molecular complexity index is 838. The lowest BCUT2D eigenvalue weighted by Crippen LogP contribution is -2.22. The number of esters is 1. The summed E-state index contributed by atoms with van der Waals surface area (Å²) in [6.07, 6.45) is 1.25. The topological polar surface area (TPSA) is 132 Å². The van der Waals surface area contributed by atoms with Crippen LogP contribution in [0.25, 0.3) is 0 Å². The molecule has 9 nitrogen and oxygen atoms in total. The van der Waals surface area contributed by atoms with Crippen molar-refractivity contribution in [1.29, 1.82) is 5.26 Å². The molecule has 0 aliphatic heterocycles. The minimum atomic E-state index is -0.731. The SMILES string of the molecule is CCOC(=O)c1[nH]cnc1N/N=C(/C#N)C(=O)Nc1ccc(Cl)cc1. The molecule has 0 bridgehead atoms. The van der Waals surface area contributed by atoms with E-state index in [-0.39, 0.29) is 18.1 Å². The Balaban J connectivity index is 2.09. The molecule has 0 atom stereocenters. The van der Waals surface area contributed by atoms with Gasteiger partial charge in [0.05, 0.1) is 12.9 Å². The number of carbonyl (C=O) groups excluding carboxylic acids is 2. The van der Waals surface area contributed by atoms with Gasteiger partial charge in [-0.1, -0.05) is 11.6 Å². The summed E-state index contributed by atoms with van der Waals surface area (Å²) in [5.41, 5.74) is 2.43. The molecule has 0 aliphatic rings. The quantitative estimate of drug-likeness (QED) is 0.411. The highest BCUT2D eigenvalue weighted by molar-refractivity contribution is 6.48. The molecule has 0 fully saturated rings. The second kappa shape index (κ2) is 8.47. The van der Waals surface area contributed by atoms with Crippen LogP contribution in [-0.2, 0) is 9.53 Å². The van der Waals surface area contributed by atoms with Crippen molar-refractivity contribution in [2.75, 3.05) is 17.3 Å². The first-order chi connectivity index (χ1) is 12.0. The monoisotopic (exact) mass is 360 g/mol. The lowest BCUT2D eigenvalue weighted by Gasteiger charge is -2.04. The number of aromatic nitrogens is 2. The van der Waals surface area contributed by atoms with E-state index in [4.69, 9.17) is 21.6 Å². The molecular weight excluding hydrogens is 348 g/mol. The third-order valence-corrected chi connectivity index (χ3v) is 3.07. The van der Waals surface area contributed by atoms with Crippen LogP contribution in [0.1, 0.15) is 17.4 Å². The predicted molar refractivity (Wildman–Crippen MR) is 91.3 cm³/mol. The highest BCUT2D eigenvalue weighted by atomic mass is 35.5. The molecule has 1 aromatic heterocycles. The van der Waals surface area contributed by atoms with E-state index < -0.39 is 17.6 Å². The van der Waals surface area contributed by atoms with Crippen molar-refractivity contribution in [3.8, 4) is 6.07 Å². The number of anilines is 2. The van der Waals surface area contributed by atoms with Gasteiger partial charge in [-0.3, -0.25) is 10.2 Å². The first-order valence-corrected chi connectivity index (χ1v) is 7.44. The number of aromatic amines is 1. The van der Waals surface area contributed by atoms with E-state index in [1.165, 1.54) is 6.33 Å². The minimum absolute atomic E-state index is 0.0287. The average molecular weight is 361 g/mol. The van der Waals surface area contributed by atoms with Gasteiger partial charge in [-0.05, 0) is 31.2 Å². The minimum Gasteiger partial charge on any atom is -0.461 e. The summed E-state index contributed by atoms with van der Waals surface area (Å²) in [6, 6.07) is 8.00. The first-order valence-electron chi connectivity index (χ1n) is 7.06. The highest BCUT2D eigenvalue weighted by Crippen LogP contribution is 2.14. The number of halogens is 1. The molecule has 3 N–H and O–H groups in total. The average Bonchev–Trinajstić information content (AvgIpc) is 3.06. The van der Waals surface area contributed by atoms with Gasteiger partial charge in [-0.15, -0.1) is 0 Å². The van der Waals surface area contributed by atoms with Gasteiger partial charge in [0.15, 0.2) is 11.5 Å². The lowest BCUT2D eigenvalue weighted by molar-refractivity contribution is -0.110. The zero-order valence-electron chi connectivity index (χ0n) is 13.0. The lowest BCUT2D eigenvalue weighted by atomic mass is 10.3. The van der Waals surface area contributed by atoms with Crippen LogP contribution in [0.5, 0.6) is 0 Å². The molecule has 0 saturated heterocycles. The van der Waals surface area contributed by atoms with Crippen LogP contribution < -0.4 is 10.7 Å². The highest BCUT2D eigenvalue weighted by Gasteiger charge is 2.16. The molecule has 0 aliphatic carbocycles. The number of hydrogen-bond acceptors (Lipinski definition) is 7. The second-order valence-corrected chi connectivity index (χ2v) is 4.93. The molecule has 25 heavy (non-hydrogen) atoms. The normalized spacial score (nSPS) is 10.7. The number of nitriles is 1. The van der Waals surface area contributed by atoms with Crippen LogP contribution in [0.15, 0.2) is 35.7 Å². The van der Waals surface area contributed by atoms with Crippen LogP contribution in [0.4, 0.5) is 11.5 Å². The number of H-pyrrole nitrogens is 1. The third kappa shape index (κ3) is 4.79. The first kappa shape index (κ1) is 18.0. The molecule has 128 valence electrons. The maximum atomic E-state index is 12.1. The number of benzene rings is 1. The summed E-state index contributed by atoms with van der Waals surface area (Å²) >= 11 is 5.76. The van der Waals surface area contributed by atoms with E-state index in [1.807, 2.05) is 0 Å². The van der Waals surface area contributed by atoms with E-state index in [1.54, 1.807) is 37.3 Å². The summed E-state index contributed by atoms with van der Waals surface area (Å²) < 4.78 is 4.84. The van der Waals surface area contributed by atoms with Crippen LogP contribution in [0, 0.1) is 11.3 Å². The molecule has 1 heterocycles. The standard InChI is InChI=1S/C15H13ClN6O3/c1-2-25-15(24)12-13(19-8-18-12)22-21-11(7-17)14(23)20-10-5-3-9(16)4-6-10/h3-6,8,22H,2H2,1H3,(H,18,19)(H,20,23)/b21-11-. The predicted octanol–water partition coefficient (Wildman–Crippen LogP) is 2.17. The number of hydrazone groups is 1. The van der Waals surface area contributed by atoms with Gasteiger partial charge >= 0.3 is 5.97 Å². The number of ether oxygens (including phenoxy) is 1. The van der Waals surface area contributed by atoms with Gasteiger partial charge in [0.25, 0.3) is 5.91 Å². The number of amides is 1. The second-order valence-electron chi connectivity index (χ2n) is 4.49. The Morgan fingerprint density at radius 2 is 2.12 bits per heavy atom. The van der Waals surface area contributed by atoms with Gasteiger partial charge in [0.1, 0.15) is 6.07 Å². The van der Waals surface area contributed by atoms with Crippen LogP contribution in [0.2, 0.25) is 5.02 Å². The largest absolute Gasteiger partial charge is 0.461 e. The fourth-order valence-corrected chi connectivity index (χ4v) is 1.82. The summed E-state index contributed by atoms with van der Waals surface area (Å²) in [6.45, 7) is 1.85. The van der Waals surface area contributed by atoms with Crippen molar-refractivity contribution >= 4 is 40.7 Å². The molecule has 0 unspecified atom stereocenters. The Morgan fingerprint density at radius 1 is 1.40 bits per heavy atom. The third-order valence-electron chi connectivity index (χ3n) is 2.82. The van der Waals surface area contributed by atoms with Gasteiger partial charge in [0, 0.05) is 10.7 Å². The molecule has 0 radical (unpaired) electrons. The number of imidazole rings is 1. The van der Waals surface area contributed by atoms with Crippen LogP contribution in [0.3, 0.4) is 0 Å². The summed E-state index contributed by atoms with van der Waals surface area (Å²) in [7, 11) is 0. The molecular formula is C15H13ClN6O3. The van der Waals surface area contributed by atoms with E-state index in [0.717, 1.165) is 0 Å². The Kier molecular flexibility index (Phi) is 6.08. The van der Waals surface area contributed by atoms with Crippen molar-refractivity contribution in [1.82, 2.24) is 9.97 Å². The maximum Gasteiger partial charge on any atom is 0.358 e. The van der Waals surface area contributed by atoms with Crippen molar-refractivity contribution in [3.05, 3.63) is 41.3 Å². The number of rotatable bonds is 6. The van der Waals surface area contributed by atoms with Gasteiger partial charge in [-0.25, -0.2) is 9.78 Å². The van der Waals surface area contributed by atoms with Crippen molar-refractivity contribution in [2.45, 2.75) is 6.92 Å². The number of hydrogen-bond donors (Lipinski definition) is 3. The van der Waals surface area contributed by atoms with E-state index in [0.29, 0.717) is 10.7 Å². The fraction of sp³-hybridized carbons (Fsp3) is 0.133. The van der Waals surface area contributed by atoms with Gasteiger partial charge < -0.3 is 15.0 Å². The number of carbonyl (C=O) groups is 2. The van der Waals surface area contributed by atoms with E-state index in [9.17, 15) is 9.59 Å². The molecule has 10 heteroatoms. The van der Waals surface area contributed by atoms with Crippen molar-refractivity contribution in [2.24, 2.45) is 5.10 Å². The Morgan fingerprint density at radius 3 is 2.76 bits per heavy atom. The number of nitrogens with one attached hydrogen (secondary N) is 3. The molecule has 0 saturated carbocycles. The van der Waals surface area contributed by atoms with E-state index in [2.05, 4.69) is 25.8 Å². The Hall–Kier alpha value is -3.38. The fourth-order valence-electron chi connectivity index (χ4n) is 1.70. The maximum absolute atomic E-state index is 12.1. The van der Waals surface area contributed by atoms with Crippen LogP contribution >= 0.6 is 11.6 Å². The van der Waals surface area contributed by atoms with Crippen molar-refractivity contribution < 1.29 is 14.3 Å². The smallest absolute Gasteiger partial charge is 0.358 e. The molecule has 1 aromatic carbocycles. The summed E-state index contributed by atoms with van der Waals surface area (Å²) in [4.78, 5) is 30.2. The molecule has 0 spiro atoms. The van der Waals surface area contributed by atoms with Crippen LogP contribution in [-0.4, -0.2) is 34.2 Å². The zero-order chi connectivity index (χ0) is 18.2. The Labute approximate surface area is 147 Å². The summed E-state index contributed by atoms with van der Waals surface area (Å²) in [5.74, 6) is -1.34. The van der Waals surface area contributed by atoms with Gasteiger partial charge in [-0.2, -0.15) is 10.4 Å². The zero-order valence-corrected chi connectivity index (χ0v) is 13.8. The van der Waals surface area contributed by atoms with E-state index >= 15 is 0 Å².